The van der Waals surface area contributed by atoms with Gasteiger partial charge in [-0.2, -0.15) is 0 Å². The monoisotopic (exact) mass is 359 g/mol. The van der Waals surface area contributed by atoms with Gasteiger partial charge in [0.2, 0.25) is 0 Å². The van der Waals surface area contributed by atoms with Gasteiger partial charge in [-0.25, -0.2) is 13.8 Å². The number of anilines is 3. The molecule has 4 nitrogen and oxygen atoms in total. The SMILES string of the molecule is O=C(Nc1ccc(F)c(Cl)c1)c1ccnc(Nc2ccc(F)cc2)c1. The third-order valence-corrected chi connectivity index (χ3v) is 3.61. The van der Waals surface area contributed by atoms with E-state index in [0.717, 1.165) is 0 Å². The largest absolute Gasteiger partial charge is 0.340 e. The minimum atomic E-state index is -0.561. The molecule has 1 aromatic heterocycles. The zero-order chi connectivity index (χ0) is 17.8. The van der Waals surface area contributed by atoms with Crippen molar-refractivity contribution in [3.63, 3.8) is 0 Å². The molecule has 0 saturated heterocycles. The second-order valence-corrected chi connectivity index (χ2v) is 5.55. The molecule has 0 spiro atoms. The average Bonchev–Trinajstić information content (AvgIpc) is 2.60. The van der Waals surface area contributed by atoms with Crippen LogP contribution in [0, 0.1) is 11.6 Å². The topological polar surface area (TPSA) is 54.0 Å². The number of nitrogens with one attached hydrogen (secondary N) is 2. The predicted molar refractivity (Wildman–Crippen MR) is 93.3 cm³/mol. The number of nitrogens with zero attached hydrogens (tertiary/aromatic N) is 1. The minimum Gasteiger partial charge on any atom is -0.340 e. The first kappa shape index (κ1) is 16.9. The van der Waals surface area contributed by atoms with Crippen LogP contribution in [0.5, 0.6) is 0 Å². The van der Waals surface area contributed by atoms with E-state index in [1.165, 1.54) is 42.6 Å². The maximum absolute atomic E-state index is 13.2. The quantitative estimate of drug-likeness (QED) is 0.688. The van der Waals surface area contributed by atoms with Crippen molar-refractivity contribution in [2.45, 2.75) is 0 Å². The van der Waals surface area contributed by atoms with Gasteiger partial charge in [0.25, 0.3) is 5.91 Å². The number of carbonyl (C=O) groups excluding carboxylic acids is 1. The number of amides is 1. The number of benzene rings is 2. The molecule has 7 heteroatoms. The molecule has 1 heterocycles. The van der Waals surface area contributed by atoms with Gasteiger partial charge < -0.3 is 10.6 Å². The highest BCUT2D eigenvalue weighted by Gasteiger charge is 2.09. The summed E-state index contributed by atoms with van der Waals surface area (Å²) in [5.74, 6) is -0.873. The van der Waals surface area contributed by atoms with Gasteiger partial charge in [-0.3, -0.25) is 4.79 Å². The Bertz CT molecular complexity index is 916. The standard InChI is InChI=1S/C18H12ClF2N3O/c19-15-10-14(5-6-16(15)21)24-18(25)11-7-8-22-17(9-11)23-13-3-1-12(20)2-4-13/h1-10H,(H,22,23)(H,24,25). The van der Waals surface area contributed by atoms with Crippen molar-refractivity contribution in [3.05, 3.63) is 83.0 Å². The summed E-state index contributed by atoms with van der Waals surface area (Å²) in [4.78, 5) is 16.4. The van der Waals surface area contributed by atoms with Crippen LogP contribution in [0.25, 0.3) is 0 Å². The van der Waals surface area contributed by atoms with Crippen LogP contribution in [0.15, 0.2) is 60.8 Å². The average molecular weight is 360 g/mol. The molecular weight excluding hydrogens is 348 g/mol. The molecule has 0 aliphatic rings. The third-order valence-electron chi connectivity index (χ3n) is 3.32. The van der Waals surface area contributed by atoms with Gasteiger partial charge in [0.05, 0.1) is 5.02 Å². The molecule has 3 rings (SSSR count). The second kappa shape index (κ2) is 7.27. The fourth-order valence-electron chi connectivity index (χ4n) is 2.10. The lowest BCUT2D eigenvalue weighted by Gasteiger charge is -2.09. The molecule has 25 heavy (non-hydrogen) atoms. The van der Waals surface area contributed by atoms with Crippen LogP contribution in [0.1, 0.15) is 10.4 Å². The third kappa shape index (κ3) is 4.30. The van der Waals surface area contributed by atoms with Crippen molar-refractivity contribution in [3.8, 4) is 0 Å². The number of halogens is 3. The number of rotatable bonds is 4. The molecule has 0 unspecified atom stereocenters. The number of carbonyl (C=O) groups is 1. The molecule has 1 amide bonds. The van der Waals surface area contributed by atoms with E-state index < -0.39 is 11.7 Å². The smallest absolute Gasteiger partial charge is 0.255 e. The molecule has 0 aliphatic carbocycles. The first-order valence-electron chi connectivity index (χ1n) is 7.26. The Kier molecular flexibility index (Phi) is 4.90. The lowest BCUT2D eigenvalue weighted by Crippen LogP contribution is -2.12. The highest BCUT2D eigenvalue weighted by Crippen LogP contribution is 2.21. The molecule has 0 bridgehead atoms. The molecule has 0 aliphatic heterocycles. The summed E-state index contributed by atoms with van der Waals surface area (Å²) in [5.41, 5.74) is 1.36. The zero-order valence-electron chi connectivity index (χ0n) is 12.8. The molecule has 0 fully saturated rings. The zero-order valence-corrected chi connectivity index (χ0v) is 13.5. The predicted octanol–water partition coefficient (Wildman–Crippen LogP) is 5.01. The first-order chi connectivity index (χ1) is 12.0. The highest BCUT2D eigenvalue weighted by molar-refractivity contribution is 6.31. The van der Waals surface area contributed by atoms with Crippen molar-refractivity contribution in [1.29, 1.82) is 0 Å². The van der Waals surface area contributed by atoms with Crippen LogP contribution in [-0.4, -0.2) is 10.9 Å². The Morgan fingerprint density at radius 1 is 0.960 bits per heavy atom. The Balaban J connectivity index is 1.74. The van der Waals surface area contributed by atoms with E-state index in [4.69, 9.17) is 11.6 Å². The van der Waals surface area contributed by atoms with Crippen LogP contribution in [-0.2, 0) is 0 Å². The minimum absolute atomic E-state index is 0.0776. The number of hydrogen-bond donors (Lipinski definition) is 2. The molecule has 2 N–H and O–H groups in total. The van der Waals surface area contributed by atoms with E-state index in [1.54, 1.807) is 18.2 Å². The fourth-order valence-corrected chi connectivity index (χ4v) is 2.28. The summed E-state index contributed by atoms with van der Waals surface area (Å²) in [5, 5.41) is 5.53. The van der Waals surface area contributed by atoms with Crippen molar-refractivity contribution in [2.75, 3.05) is 10.6 Å². The van der Waals surface area contributed by atoms with Gasteiger partial charge in [-0.05, 0) is 54.6 Å². The lowest BCUT2D eigenvalue weighted by molar-refractivity contribution is 0.102. The summed E-state index contributed by atoms with van der Waals surface area (Å²) in [6.07, 6.45) is 1.47. The molecule has 0 radical (unpaired) electrons. The van der Waals surface area contributed by atoms with Gasteiger partial charge in [-0.1, -0.05) is 11.6 Å². The van der Waals surface area contributed by atoms with Crippen LogP contribution in [0.3, 0.4) is 0 Å². The van der Waals surface area contributed by atoms with Gasteiger partial charge >= 0.3 is 0 Å². The Morgan fingerprint density at radius 3 is 2.40 bits per heavy atom. The summed E-state index contributed by atoms with van der Waals surface area (Å²) < 4.78 is 26.1. The first-order valence-corrected chi connectivity index (χ1v) is 7.64. The van der Waals surface area contributed by atoms with Gasteiger partial charge in [-0.15, -0.1) is 0 Å². The lowest BCUT2D eigenvalue weighted by atomic mass is 10.2. The normalized spacial score (nSPS) is 10.4. The summed E-state index contributed by atoms with van der Waals surface area (Å²) in [7, 11) is 0. The molecule has 0 saturated carbocycles. The van der Waals surface area contributed by atoms with Crippen molar-refractivity contribution in [2.24, 2.45) is 0 Å². The number of pyridine rings is 1. The second-order valence-electron chi connectivity index (χ2n) is 5.14. The van der Waals surface area contributed by atoms with E-state index in [9.17, 15) is 13.6 Å². The highest BCUT2D eigenvalue weighted by atomic mass is 35.5. The molecule has 3 aromatic rings. The van der Waals surface area contributed by atoms with Gasteiger partial charge in [0.1, 0.15) is 17.5 Å². The Labute approximate surface area is 147 Å². The van der Waals surface area contributed by atoms with E-state index in [-0.39, 0.29) is 10.8 Å². The number of hydrogen-bond acceptors (Lipinski definition) is 3. The van der Waals surface area contributed by atoms with E-state index in [2.05, 4.69) is 15.6 Å². The maximum atomic E-state index is 13.2. The van der Waals surface area contributed by atoms with Crippen molar-refractivity contribution >= 4 is 34.7 Å². The summed E-state index contributed by atoms with van der Waals surface area (Å²) >= 11 is 5.70. The van der Waals surface area contributed by atoms with E-state index in [1.807, 2.05) is 0 Å². The van der Waals surface area contributed by atoms with Crippen LogP contribution < -0.4 is 10.6 Å². The molecule has 2 aromatic carbocycles. The Morgan fingerprint density at radius 2 is 1.68 bits per heavy atom. The maximum Gasteiger partial charge on any atom is 0.255 e. The van der Waals surface area contributed by atoms with E-state index in [0.29, 0.717) is 22.8 Å². The van der Waals surface area contributed by atoms with Gasteiger partial charge in [0, 0.05) is 23.1 Å². The van der Waals surface area contributed by atoms with Crippen LogP contribution >= 0.6 is 11.6 Å². The van der Waals surface area contributed by atoms with Gasteiger partial charge in [0.15, 0.2) is 0 Å². The summed E-state index contributed by atoms with van der Waals surface area (Å²) in [6.45, 7) is 0. The van der Waals surface area contributed by atoms with Crippen molar-refractivity contribution < 1.29 is 13.6 Å². The fraction of sp³-hybridized carbons (Fsp3) is 0. The Hall–Kier alpha value is -2.99. The van der Waals surface area contributed by atoms with Crippen molar-refractivity contribution in [1.82, 2.24) is 4.98 Å². The molecule has 126 valence electrons. The van der Waals surface area contributed by atoms with Crippen LogP contribution in [0.4, 0.5) is 26.0 Å². The number of aromatic nitrogens is 1. The molecular formula is C18H12ClF2N3O. The molecule has 0 atom stereocenters. The van der Waals surface area contributed by atoms with Crippen LogP contribution in [0.2, 0.25) is 5.02 Å². The summed E-state index contributed by atoms with van der Waals surface area (Å²) in [6, 6.07) is 12.8. The van der Waals surface area contributed by atoms with E-state index >= 15 is 0 Å².